The summed E-state index contributed by atoms with van der Waals surface area (Å²) in [6.45, 7) is 0. The lowest BCUT2D eigenvalue weighted by Crippen LogP contribution is -2.14. The van der Waals surface area contributed by atoms with E-state index in [-0.39, 0.29) is 10.2 Å². The molecule has 0 saturated heterocycles. The van der Waals surface area contributed by atoms with Crippen molar-refractivity contribution >= 4 is 59.4 Å². The van der Waals surface area contributed by atoms with Crippen molar-refractivity contribution in [3.8, 4) is 0 Å². The average Bonchev–Trinajstić information content (AvgIpc) is 2.33. The first-order valence-corrected chi connectivity index (χ1v) is 7.67. The monoisotopic (exact) mass is 467 g/mol. The normalized spacial score (nSPS) is 10.4. The average molecular weight is 470 g/mol. The SMILES string of the molecule is O=C(Nc1c(F)cc(F)cc1Br)c1ccc(Br)cc1Br. The van der Waals surface area contributed by atoms with E-state index in [2.05, 4.69) is 53.1 Å². The molecule has 2 aromatic rings. The maximum absolute atomic E-state index is 13.6. The molecule has 0 bridgehead atoms. The highest BCUT2D eigenvalue weighted by Gasteiger charge is 2.16. The molecule has 0 radical (unpaired) electrons. The minimum Gasteiger partial charge on any atom is -0.318 e. The van der Waals surface area contributed by atoms with Crippen LogP contribution in [0.25, 0.3) is 0 Å². The van der Waals surface area contributed by atoms with Gasteiger partial charge >= 0.3 is 0 Å². The van der Waals surface area contributed by atoms with Gasteiger partial charge in [0, 0.05) is 19.5 Å². The highest BCUT2D eigenvalue weighted by Crippen LogP contribution is 2.28. The Hall–Kier alpha value is -0.790. The number of rotatable bonds is 2. The Labute approximate surface area is 138 Å². The Balaban J connectivity index is 2.33. The molecule has 0 atom stereocenters. The van der Waals surface area contributed by atoms with Gasteiger partial charge in [-0.2, -0.15) is 0 Å². The fourth-order valence-electron chi connectivity index (χ4n) is 1.52. The molecule has 104 valence electrons. The third-order valence-corrected chi connectivity index (χ3v) is 4.20. The van der Waals surface area contributed by atoms with E-state index in [0.29, 0.717) is 16.1 Å². The third-order valence-electron chi connectivity index (χ3n) is 2.42. The second kappa shape index (κ2) is 6.32. The zero-order chi connectivity index (χ0) is 14.9. The van der Waals surface area contributed by atoms with Crippen molar-refractivity contribution in [1.82, 2.24) is 0 Å². The van der Waals surface area contributed by atoms with Crippen molar-refractivity contribution in [2.45, 2.75) is 0 Å². The Morgan fingerprint density at radius 1 is 1.00 bits per heavy atom. The summed E-state index contributed by atoms with van der Waals surface area (Å²) in [4.78, 5) is 12.1. The highest BCUT2D eigenvalue weighted by atomic mass is 79.9. The van der Waals surface area contributed by atoms with Crippen molar-refractivity contribution in [2.75, 3.05) is 5.32 Å². The second-order valence-electron chi connectivity index (χ2n) is 3.82. The summed E-state index contributed by atoms with van der Waals surface area (Å²) >= 11 is 9.54. The lowest BCUT2D eigenvalue weighted by Gasteiger charge is -2.10. The van der Waals surface area contributed by atoms with Crippen molar-refractivity contribution < 1.29 is 13.6 Å². The lowest BCUT2D eigenvalue weighted by atomic mass is 10.2. The number of amides is 1. The quantitative estimate of drug-likeness (QED) is 0.618. The van der Waals surface area contributed by atoms with Gasteiger partial charge in [0.15, 0.2) is 5.82 Å². The van der Waals surface area contributed by atoms with Crippen LogP contribution in [0.3, 0.4) is 0 Å². The van der Waals surface area contributed by atoms with E-state index < -0.39 is 17.5 Å². The molecule has 2 rings (SSSR count). The van der Waals surface area contributed by atoms with Gasteiger partial charge in [-0.25, -0.2) is 8.78 Å². The minimum atomic E-state index is -0.849. The van der Waals surface area contributed by atoms with E-state index in [1.54, 1.807) is 18.2 Å². The van der Waals surface area contributed by atoms with Crippen LogP contribution in [0, 0.1) is 11.6 Å². The molecule has 0 aliphatic heterocycles. The van der Waals surface area contributed by atoms with E-state index in [1.165, 1.54) is 0 Å². The van der Waals surface area contributed by atoms with Gasteiger partial charge in [0.2, 0.25) is 0 Å². The van der Waals surface area contributed by atoms with E-state index in [9.17, 15) is 13.6 Å². The molecule has 1 amide bonds. The van der Waals surface area contributed by atoms with Gasteiger partial charge in [-0.05, 0) is 56.1 Å². The fraction of sp³-hybridized carbons (Fsp3) is 0. The summed E-state index contributed by atoms with van der Waals surface area (Å²) < 4.78 is 28.1. The largest absolute Gasteiger partial charge is 0.318 e. The van der Waals surface area contributed by atoms with Crippen LogP contribution in [0.15, 0.2) is 43.7 Å². The molecular formula is C13H6Br3F2NO. The number of hydrogen-bond donors (Lipinski definition) is 1. The molecular weight excluding hydrogens is 464 g/mol. The summed E-state index contributed by atoms with van der Waals surface area (Å²) in [5.41, 5.74) is 0.232. The predicted octanol–water partition coefficient (Wildman–Crippen LogP) is 5.50. The molecule has 1 N–H and O–H groups in total. The molecule has 0 saturated carbocycles. The first-order chi connectivity index (χ1) is 9.38. The van der Waals surface area contributed by atoms with Gasteiger partial charge in [-0.1, -0.05) is 15.9 Å². The standard InChI is InChI=1S/C13H6Br3F2NO/c14-6-1-2-8(9(15)3-6)13(20)19-12-10(16)4-7(17)5-11(12)18/h1-5H,(H,19,20). The lowest BCUT2D eigenvalue weighted by molar-refractivity contribution is 0.102. The van der Waals surface area contributed by atoms with Gasteiger partial charge < -0.3 is 5.32 Å². The third kappa shape index (κ3) is 3.45. The molecule has 0 fully saturated rings. The molecule has 0 unspecified atom stereocenters. The van der Waals surface area contributed by atoms with Crippen LogP contribution in [0.5, 0.6) is 0 Å². The number of anilines is 1. The molecule has 20 heavy (non-hydrogen) atoms. The summed E-state index contributed by atoms with van der Waals surface area (Å²) in [5, 5.41) is 2.41. The maximum atomic E-state index is 13.6. The Morgan fingerprint density at radius 2 is 1.70 bits per heavy atom. The highest BCUT2D eigenvalue weighted by molar-refractivity contribution is 9.11. The van der Waals surface area contributed by atoms with Crippen LogP contribution in [-0.2, 0) is 0 Å². The first kappa shape index (κ1) is 15.6. The zero-order valence-corrected chi connectivity index (χ0v) is 14.4. The summed E-state index contributed by atoms with van der Waals surface area (Å²) in [7, 11) is 0. The minimum absolute atomic E-state index is 0.105. The molecule has 0 aromatic heterocycles. The van der Waals surface area contributed by atoms with Crippen LogP contribution in [0.2, 0.25) is 0 Å². The Morgan fingerprint density at radius 3 is 2.30 bits per heavy atom. The Kier molecular flexibility index (Phi) is 4.93. The first-order valence-electron chi connectivity index (χ1n) is 5.29. The van der Waals surface area contributed by atoms with Crippen LogP contribution in [0.4, 0.5) is 14.5 Å². The number of nitrogens with one attached hydrogen (secondary N) is 1. The summed E-state index contributed by atoms with van der Waals surface area (Å²) in [5.74, 6) is -2.08. The van der Waals surface area contributed by atoms with Gasteiger partial charge in [-0.15, -0.1) is 0 Å². The van der Waals surface area contributed by atoms with Crippen molar-refractivity contribution in [3.63, 3.8) is 0 Å². The van der Waals surface area contributed by atoms with E-state index in [0.717, 1.165) is 10.5 Å². The number of carbonyl (C=O) groups is 1. The molecule has 7 heteroatoms. The number of halogens is 5. The molecule has 0 aliphatic carbocycles. The van der Waals surface area contributed by atoms with Crippen molar-refractivity contribution in [2.24, 2.45) is 0 Å². The molecule has 2 aromatic carbocycles. The van der Waals surface area contributed by atoms with Gasteiger partial charge in [0.05, 0.1) is 11.3 Å². The summed E-state index contributed by atoms with van der Waals surface area (Å²) in [6, 6.07) is 6.76. The van der Waals surface area contributed by atoms with E-state index >= 15 is 0 Å². The van der Waals surface area contributed by atoms with Gasteiger partial charge in [-0.3, -0.25) is 4.79 Å². The van der Waals surface area contributed by atoms with Crippen LogP contribution >= 0.6 is 47.8 Å². The number of benzene rings is 2. The topological polar surface area (TPSA) is 29.1 Å². The van der Waals surface area contributed by atoms with E-state index in [1.807, 2.05) is 0 Å². The maximum Gasteiger partial charge on any atom is 0.256 e. The number of hydrogen-bond acceptors (Lipinski definition) is 1. The smallest absolute Gasteiger partial charge is 0.256 e. The van der Waals surface area contributed by atoms with E-state index in [4.69, 9.17) is 0 Å². The Bertz CT molecular complexity index is 668. The fourth-order valence-corrected chi connectivity index (χ4v) is 3.25. The van der Waals surface area contributed by atoms with Crippen LogP contribution < -0.4 is 5.32 Å². The molecule has 0 heterocycles. The predicted molar refractivity (Wildman–Crippen MR) is 83.9 cm³/mol. The van der Waals surface area contributed by atoms with Gasteiger partial charge in [0.1, 0.15) is 5.82 Å². The van der Waals surface area contributed by atoms with Crippen molar-refractivity contribution in [3.05, 3.63) is 60.9 Å². The summed E-state index contributed by atoms with van der Waals surface area (Å²) in [6.07, 6.45) is 0. The zero-order valence-electron chi connectivity index (χ0n) is 9.68. The van der Waals surface area contributed by atoms with Crippen molar-refractivity contribution in [1.29, 1.82) is 0 Å². The molecule has 2 nitrogen and oxygen atoms in total. The molecule has 0 aliphatic rings. The van der Waals surface area contributed by atoms with Gasteiger partial charge in [0.25, 0.3) is 5.91 Å². The van der Waals surface area contributed by atoms with Crippen LogP contribution in [0.1, 0.15) is 10.4 Å². The molecule has 0 spiro atoms. The number of carbonyl (C=O) groups excluding carboxylic acids is 1. The second-order valence-corrected chi connectivity index (χ2v) is 6.45. The van der Waals surface area contributed by atoms with Crippen LogP contribution in [-0.4, -0.2) is 5.91 Å².